The van der Waals surface area contributed by atoms with Gasteiger partial charge in [0, 0.05) is 21.4 Å². The summed E-state index contributed by atoms with van der Waals surface area (Å²) in [6.07, 6.45) is 1.02. The number of hydrogen-bond donors (Lipinski definition) is 2. The number of halogens is 1. The molecule has 2 N–H and O–H groups in total. The lowest BCUT2D eigenvalue weighted by Crippen LogP contribution is -2.25. The number of amides is 1. The van der Waals surface area contributed by atoms with Gasteiger partial charge in [0.15, 0.2) is 0 Å². The van der Waals surface area contributed by atoms with Gasteiger partial charge in [-0.2, -0.15) is 0 Å². The molecule has 0 fully saturated rings. The van der Waals surface area contributed by atoms with E-state index in [1.807, 2.05) is 36.4 Å². The molecule has 3 rings (SSSR count). The van der Waals surface area contributed by atoms with Crippen molar-refractivity contribution in [1.82, 2.24) is 5.32 Å². The van der Waals surface area contributed by atoms with E-state index in [1.165, 1.54) is 11.1 Å². The van der Waals surface area contributed by atoms with Gasteiger partial charge < -0.3 is 10.6 Å². The maximum atomic E-state index is 12.3. The number of benzene rings is 2. The van der Waals surface area contributed by atoms with Crippen LogP contribution in [0.3, 0.4) is 0 Å². The van der Waals surface area contributed by atoms with Crippen LogP contribution in [0, 0.1) is 3.57 Å². The Morgan fingerprint density at radius 2 is 1.95 bits per heavy atom. The van der Waals surface area contributed by atoms with Gasteiger partial charge in [0.2, 0.25) is 0 Å². The smallest absolute Gasteiger partial charge is 0.255 e. The minimum atomic E-state index is -0.0552. The Hall–Kier alpha value is -1.40. The summed E-state index contributed by atoms with van der Waals surface area (Å²) in [5.41, 5.74) is 4.13. The Kier molecular flexibility index (Phi) is 4.03. The molecule has 0 saturated carbocycles. The van der Waals surface area contributed by atoms with E-state index in [0.29, 0.717) is 5.56 Å². The average Bonchev–Trinajstić information content (AvgIpc) is 2.48. The van der Waals surface area contributed by atoms with E-state index in [4.69, 9.17) is 0 Å². The Morgan fingerprint density at radius 3 is 2.75 bits per heavy atom. The number of anilines is 1. The second kappa shape index (κ2) is 5.93. The van der Waals surface area contributed by atoms with Crippen LogP contribution in [0.1, 0.15) is 21.5 Å². The zero-order valence-electron chi connectivity index (χ0n) is 10.9. The van der Waals surface area contributed by atoms with Crippen molar-refractivity contribution < 1.29 is 4.79 Å². The van der Waals surface area contributed by atoms with Crippen molar-refractivity contribution >= 4 is 34.2 Å². The third-order valence-electron chi connectivity index (χ3n) is 3.50. The highest BCUT2D eigenvalue weighted by Crippen LogP contribution is 2.23. The van der Waals surface area contributed by atoms with Crippen LogP contribution in [0.15, 0.2) is 42.5 Å². The Bertz CT molecular complexity index is 637. The Labute approximate surface area is 131 Å². The standard InChI is InChI=1S/C16H15IN2O/c17-13-6-4-12(5-7-13)16(20)19-15-3-1-2-11-8-9-18-10-14(11)15/h1-7,18H,8-10H2,(H,19,20). The lowest BCUT2D eigenvalue weighted by atomic mass is 9.99. The van der Waals surface area contributed by atoms with Gasteiger partial charge in [0.05, 0.1) is 0 Å². The largest absolute Gasteiger partial charge is 0.322 e. The van der Waals surface area contributed by atoms with Crippen molar-refractivity contribution in [2.45, 2.75) is 13.0 Å². The molecule has 2 aromatic carbocycles. The van der Waals surface area contributed by atoms with E-state index in [-0.39, 0.29) is 5.91 Å². The summed E-state index contributed by atoms with van der Waals surface area (Å²) in [7, 11) is 0. The van der Waals surface area contributed by atoms with E-state index < -0.39 is 0 Å². The first-order valence-electron chi connectivity index (χ1n) is 6.62. The minimum Gasteiger partial charge on any atom is -0.322 e. The fraction of sp³-hybridized carbons (Fsp3) is 0.188. The van der Waals surface area contributed by atoms with Crippen molar-refractivity contribution in [3.05, 3.63) is 62.7 Å². The predicted molar refractivity (Wildman–Crippen MR) is 89.0 cm³/mol. The molecule has 3 nitrogen and oxygen atoms in total. The summed E-state index contributed by atoms with van der Waals surface area (Å²) in [6.45, 7) is 1.82. The second-order valence-corrected chi connectivity index (χ2v) is 6.08. The third-order valence-corrected chi connectivity index (χ3v) is 4.22. The summed E-state index contributed by atoms with van der Waals surface area (Å²) >= 11 is 2.23. The highest BCUT2D eigenvalue weighted by molar-refractivity contribution is 14.1. The highest BCUT2D eigenvalue weighted by atomic mass is 127. The predicted octanol–water partition coefficient (Wildman–Crippen LogP) is 3.19. The first kappa shape index (κ1) is 13.6. The maximum absolute atomic E-state index is 12.3. The summed E-state index contributed by atoms with van der Waals surface area (Å²) in [5, 5.41) is 6.37. The second-order valence-electron chi connectivity index (χ2n) is 4.83. The molecule has 102 valence electrons. The normalized spacial score (nSPS) is 13.7. The van der Waals surface area contributed by atoms with Gasteiger partial charge in [-0.25, -0.2) is 0 Å². The maximum Gasteiger partial charge on any atom is 0.255 e. The Morgan fingerprint density at radius 1 is 1.15 bits per heavy atom. The highest BCUT2D eigenvalue weighted by Gasteiger charge is 2.14. The van der Waals surface area contributed by atoms with Crippen molar-refractivity contribution in [3.63, 3.8) is 0 Å². The number of carbonyl (C=O) groups excluding carboxylic acids is 1. The molecule has 0 unspecified atom stereocenters. The monoisotopic (exact) mass is 378 g/mol. The molecular formula is C16H15IN2O. The Balaban J connectivity index is 1.84. The molecule has 1 aliphatic rings. The first-order chi connectivity index (χ1) is 9.74. The molecule has 1 aliphatic heterocycles. The fourth-order valence-electron chi connectivity index (χ4n) is 2.43. The van der Waals surface area contributed by atoms with Gasteiger partial charge in [-0.15, -0.1) is 0 Å². The van der Waals surface area contributed by atoms with Gasteiger partial charge in [0.1, 0.15) is 0 Å². The van der Waals surface area contributed by atoms with E-state index in [0.717, 1.165) is 28.8 Å². The first-order valence-corrected chi connectivity index (χ1v) is 7.70. The number of carbonyl (C=O) groups is 1. The molecule has 0 saturated heterocycles. The van der Waals surface area contributed by atoms with Crippen LogP contribution in [-0.2, 0) is 13.0 Å². The van der Waals surface area contributed by atoms with Crippen molar-refractivity contribution in [3.8, 4) is 0 Å². The van der Waals surface area contributed by atoms with Crippen LogP contribution in [0.4, 0.5) is 5.69 Å². The summed E-state index contributed by atoms with van der Waals surface area (Å²) in [5.74, 6) is -0.0552. The molecule has 4 heteroatoms. The molecule has 0 aliphatic carbocycles. The number of nitrogens with one attached hydrogen (secondary N) is 2. The summed E-state index contributed by atoms with van der Waals surface area (Å²) in [6, 6.07) is 13.7. The zero-order valence-corrected chi connectivity index (χ0v) is 13.1. The van der Waals surface area contributed by atoms with Gasteiger partial charge in [0.25, 0.3) is 5.91 Å². The SMILES string of the molecule is O=C(Nc1cccc2c1CNCC2)c1ccc(I)cc1. The molecule has 0 radical (unpaired) electrons. The van der Waals surface area contributed by atoms with Crippen LogP contribution in [0.5, 0.6) is 0 Å². The third kappa shape index (κ3) is 2.86. The van der Waals surface area contributed by atoms with E-state index in [2.05, 4.69) is 39.3 Å². The van der Waals surface area contributed by atoms with Gasteiger partial charge in [-0.1, -0.05) is 12.1 Å². The molecular weight excluding hydrogens is 363 g/mol. The topological polar surface area (TPSA) is 41.1 Å². The van der Waals surface area contributed by atoms with E-state index in [9.17, 15) is 4.79 Å². The molecule has 0 bridgehead atoms. The summed E-state index contributed by atoms with van der Waals surface area (Å²) in [4.78, 5) is 12.3. The van der Waals surface area contributed by atoms with Gasteiger partial charge >= 0.3 is 0 Å². The molecule has 1 heterocycles. The van der Waals surface area contributed by atoms with Crippen LogP contribution < -0.4 is 10.6 Å². The average molecular weight is 378 g/mol. The van der Waals surface area contributed by atoms with Gasteiger partial charge in [-0.3, -0.25) is 4.79 Å². The molecule has 0 aromatic heterocycles. The lowest BCUT2D eigenvalue weighted by molar-refractivity contribution is 0.102. The molecule has 0 atom stereocenters. The van der Waals surface area contributed by atoms with Crippen LogP contribution in [0.25, 0.3) is 0 Å². The molecule has 2 aromatic rings. The van der Waals surface area contributed by atoms with Crippen LogP contribution >= 0.6 is 22.6 Å². The van der Waals surface area contributed by atoms with Crippen molar-refractivity contribution in [2.24, 2.45) is 0 Å². The van der Waals surface area contributed by atoms with Crippen molar-refractivity contribution in [2.75, 3.05) is 11.9 Å². The molecule has 1 amide bonds. The minimum absolute atomic E-state index is 0.0552. The van der Waals surface area contributed by atoms with E-state index in [1.54, 1.807) is 0 Å². The quantitative estimate of drug-likeness (QED) is 0.789. The van der Waals surface area contributed by atoms with Crippen LogP contribution in [0.2, 0.25) is 0 Å². The van der Waals surface area contributed by atoms with Gasteiger partial charge in [-0.05, 0) is 77.0 Å². The van der Waals surface area contributed by atoms with E-state index >= 15 is 0 Å². The van der Waals surface area contributed by atoms with Crippen molar-refractivity contribution in [1.29, 1.82) is 0 Å². The van der Waals surface area contributed by atoms with Crippen LogP contribution in [-0.4, -0.2) is 12.5 Å². The molecule has 0 spiro atoms. The fourth-order valence-corrected chi connectivity index (χ4v) is 2.79. The number of rotatable bonds is 2. The lowest BCUT2D eigenvalue weighted by Gasteiger charge is -2.20. The molecule has 20 heavy (non-hydrogen) atoms. The number of hydrogen-bond acceptors (Lipinski definition) is 2. The summed E-state index contributed by atoms with van der Waals surface area (Å²) < 4.78 is 1.13. The number of fused-ring (bicyclic) bond motifs is 1. The zero-order chi connectivity index (χ0) is 13.9.